The van der Waals surface area contributed by atoms with Crippen molar-refractivity contribution in [1.82, 2.24) is 9.88 Å². The molecule has 0 radical (unpaired) electrons. The van der Waals surface area contributed by atoms with Crippen LogP contribution in [0, 0.1) is 5.92 Å². The number of para-hydroxylation sites is 1. The van der Waals surface area contributed by atoms with Crippen LogP contribution in [-0.2, 0) is 14.9 Å². The predicted octanol–water partition coefficient (Wildman–Crippen LogP) is 3.33. The van der Waals surface area contributed by atoms with Crippen molar-refractivity contribution in [3.8, 4) is 0 Å². The van der Waals surface area contributed by atoms with E-state index in [0.717, 1.165) is 16.6 Å². The van der Waals surface area contributed by atoms with Gasteiger partial charge in [-0.2, -0.15) is 0 Å². The number of nitrogens with one attached hydrogen (secondary N) is 1. The molecular formula is C20H26N2O4. The van der Waals surface area contributed by atoms with Gasteiger partial charge in [-0.3, -0.25) is 4.79 Å². The van der Waals surface area contributed by atoms with Crippen molar-refractivity contribution < 1.29 is 19.4 Å². The van der Waals surface area contributed by atoms with Gasteiger partial charge in [-0.1, -0.05) is 39.0 Å². The molecule has 1 saturated heterocycles. The summed E-state index contributed by atoms with van der Waals surface area (Å²) >= 11 is 0. The lowest BCUT2D eigenvalue weighted by atomic mass is 9.80. The van der Waals surface area contributed by atoms with Crippen LogP contribution in [0.3, 0.4) is 0 Å². The van der Waals surface area contributed by atoms with Crippen molar-refractivity contribution in [2.24, 2.45) is 5.92 Å². The zero-order chi connectivity index (χ0) is 19.1. The Morgan fingerprint density at radius 3 is 2.58 bits per heavy atom. The lowest BCUT2D eigenvalue weighted by Crippen LogP contribution is -2.28. The Bertz CT molecular complexity index is 847. The van der Waals surface area contributed by atoms with Gasteiger partial charge in [0.1, 0.15) is 0 Å². The first-order valence-electron chi connectivity index (χ1n) is 9.01. The number of ether oxygens (including phenoxy) is 1. The Kier molecular flexibility index (Phi) is 4.80. The number of esters is 1. The van der Waals surface area contributed by atoms with Gasteiger partial charge < -0.3 is 15.2 Å². The molecule has 0 bridgehead atoms. The van der Waals surface area contributed by atoms with E-state index in [9.17, 15) is 14.7 Å². The van der Waals surface area contributed by atoms with E-state index >= 15 is 0 Å². The van der Waals surface area contributed by atoms with Crippen LogP contribution in [-0.4, -0.2) is 41.4 Å². The number of fused-ring (bicyclic) bond motifs is 1. The van der Waals surface area contributed by atoms with E-state index in [1.807, 2.05) is 45.0 Å². The van der Waals surface area contributed by atoms with Gasteiger partial charge in [0, 0.05) is 35.5 Å². The molecule has 2 aromatic rings. The summed E-state index contributed by atoms with van der Waals surface area (Å²) in [7, 11) is 0. The van der Waals surface area contributed by atoms with Gasteiger partial charge in [0.25, 0.3) is 0 Å². The second kappa shape index (κ2) is 6.76. The summed E-state index contributed by atoms with van der Waals surface area (Å²) in [6, 6.07) is 7.52. The average Bonchev–Trinajstić information content (AvgIpc) is 3.16. The second-order valence-corrected chi connectivity index (χ2v) is 7.77. The van der Waals surface area contributed by atoms with Gasteiger partial charge in [-0.05, 0) is 18.6 Å². The zero-order valence-electron chi connectivity index (χ0n) is 15.7. The number of hydrogen-bond donors (Lipinski definition) is 2. The fraction of sp³-hybridized carbons (Fsp3) is 0.500. The van der Waals surface area contributed by atoms with Crippen LogP contribution in [0.15, 0.2) is 24.3 Å². The monoisotopic (exact) mass is 358 g/mol. The van der Waals surface area contributed by atoms with Gasteiger partial charge in [-0.25, -0.2) is 9.36 Å². The Balaban J connectivity index is 2.28. The lowest BCUT2D eigenvalue weighted by molar-refractivity contribution is -0.147. The van der Waals surface area contributed by atoms with E-state index in [4.69, 9.17) is 4.74 Å². The minimum absolute atomic E-state index is 0.117. The molecule has 2 atom stereocenters. The van der Waals surface area contributed by atoms with Crippen LogP contribution in [0.5, 0.6) is 0 Å². The number of carboxylic acid groups (broad SMARTS) is 1. The lowest BCUT2D eigenvalue weighted by Gasteiger charge is -2.26. The van der Waals surface area contributed by atoms with Crippen LogP contribution in [0.2, 0.25) is 0 Å². The summed E-state index contributed by atoms with van der Waals surface area (Å²) in [6.07, 6.45) is -1.00. The molecule has 1 aromatic heterocycles. The van der Waals surface area contributed by atoms with Gasteiger partial charge in [-0.15, -0.1) is 0 Å². The Hall–Kier alpha value is -2.34. The van der Waals surface area contributed by atoms with Crippen molar-refractivity contribution in [3.05, 3.63) is 35.5 Å². The van der Waals surface area contributed by atoms with Gasteiger partial charge in [0.2, 0.25) is 0 Å². The third kappa shape index (κ3) is 2.98. The largest absolute Gasteiger partial charge is 0.466 e. The van der Waals surface area contributed by atoms with E-state index < -0.39 is 11.5 Å². The molecule has 26 heavy (non-hydrogen) atoms. The average molecular weight is 358 g/mol. The number of nitrogens with zero attached hydrogens (tertiary/aromatic N) is 1. The summed E-state index contributed by atoms with van der Waals surface area (Å²) in [6.45, 7) is 9.32. The molecule has 0 unspecified atom stereocenters. The molecule has 1 aromatic carbocycles. The Morgan fingerprint density at radius 1 is 1.27 bits per heavy atom. The number of rotatable bonds is 3. The number of carbonyl (C=O) groups excluding carboxylic acids is 1. The summed E-state index contributed by atoms with van der Waals surface area (Å²) in [5.41, 5.74) is 1.95. The van der Waals surface area contributed by atoms with Gasteiger partial charge in [0.05, 0.1) is 18.0 Å². The first kappa shape index (κ1) is 18.5. The molecule has 6 heteroatoms. The van der Waals surface area contributed by atoms with E-state index in [1.165, 1.54) is 4.57 Å². The van der Waals surface area contributed by atoms with Crippen molar-refractivity contribution >= 4 is 23.0 Å². The maximum absolute atomic E-state index is 12.5. The van der Waals surface area contributed by atoms with Gasteiger partial charge in [0.15, 0.2) is 0 Å². The number of aromatic nitrogens is 1. The van der Waals surface area contributed by atoms with Crippen molar-refractivity contribution in [2.45, 2.75) is 39.0 Å². The maximum atomic E-state index is 12.5. The fourth-order valence-electron chi connectivity index (χ4n) is 4.06. The van der Waals surface area contributed by atoms with Crippen LogP contribution >= 0.6 is 0 Å². The number of carbonyl (C=O) groups is 2. The quantitative estimate of drug-likeness (QED) is 0.823. The first-order valence-corrected chi connectivity index (χ1v) is 9.01. The van der Waals surface area contributed by atoms with E-state index in [1.54, 1.807) is 6.92 Å². The van der Waals surface area contributed by atoms with Gasteiger partial charge >= 0.3 is 12.1 Å². The highest BCUT2D eigenvalue weighted by Crippen LogP contribution is 2.42. The second-order valence-electron chi connectivity index (χ2n) is 7.77. The van der Waals surface area contributed by atoms with Crippen molar-refractivity contribution in [1.29, 1.82) is 0 Å². The minimum Gasteiger partial charge on any atom is -0.466 e. The summed E-state index contributed by atoms with van der Waals surface area (Å²) < 4.78 is 6.65. The predicted molar refractivity (Wildman–Crippen MR) is 99.8 cm³/mol. The van der Waals surface area contributed by atoms with Crippen LogP contribution in [0.1, 0.15) is 44.9 Å². The normalized spacial score (nSPS) is 20.5. The SMILES string of the molecule is CCOC(=O)[C@@H]1CNC[C@H]1c1c(C(C)(C)C)n(C(=O)O)c2ccccc12. The third-order valence-corrected chi connectivity index (χ3v) is 4.99. The molecule has 1 aliphatic heterocycles. The molecule has 6 nitrogen and oxygen atoms in total. The summed E-state index contributed by atoms with van der Waals surface area (Å²) in [5.74, 6) is -0.660. The molecule has 2 heterocycles. The third-order valence-electron chi connectivity index (χ3n) is 4.99. The maximum Gasteiger partial charge on any atom is 0.416 e. The molecule has 140 valence electrons. The summed E-state index contributed by atoms with van der Waals surface area (Å²) in [4.78, 5) is 24.6. The molecular weight excluding hydrogens is 332 g/mol. The molecule has 0 amide bonds. The van der Waals surface area contributed by atoms with Crippen LogP contribution in [0.4, 0.5) is 4.79 Å². The number of benzene rings is 1. The van der Waals surface area contributed by atoms with Crippen molar-refractivity contribution in [2.75, 3.05) is 19.7 Å². The van der Waals surface area contributed by atoms with Crippen LogP contribution < -0.4 is 5.32 Å². The highest BCUT2D eigenvalue weighted by atomic mass is 16.5. The molecule has 0 saturated carbocycles. The van der Waals surface area contributed by atoms with Crippen LogP contribution in [0.25, 0.3) is 10.9 Å². The number of hydrogen-bond acceptors (Lipinski definition) is 4. The topological polar surface area (TPSA) is 80.6 Å². The minimum atomic E-state index is -1.00. The summed E-state index contributed by atoms with van der Waals surface area (Å²) in [5, 5.41) is 14.1. The Labute approximate surface area is 153 Å². The fourth-order valence-corrected chi connectivity index (χ4v) is 4.06. The molecule has 0 spiro atoms. The highest BCUT2D eigenvalue weighted by Gasteiger charge is 2.41. The molecule has 1 fully saturated rings. The van der Waals surface area contributed by atoms with E-state index in [0.29, 0.717) is 25.2 Å². The van der Waals surface area contributed by atoms with E-state index in [-0.39, 0.29) is 17.8 Å². The zero-order valence-corrected chi connectivity index (χ0v) is 15.7. The molecule has 3 rings (SSSR count). The standard InChI is InChI=1S/C20H26N2O4/c1-5-26-18(23)14-11-21-10-13(14)16-12-8-6-7-9-15(12)22(19(24)25)17(16)20(2,3)4/h6-9,13-14,21H,5,10-11H2,1-4H3,(H,24,25)/t13-,14-/m1/s1. The van der Waals surface area contributed by atoms with E-state index in [2.05, 4.69) is 5.32 Å². The molecule has 2 N–H and O–H groups in total. The van der Waals surface area contributed by atoms with Crippen molar-refractivity contribution in [3.63, 3.8) is 0 Å². The Morgan fingerprint density at radius 2 is 1.96 bits per heavy atom. The molecule has 1 aliphatic rings. The smallest absolute Gasteiger partial charge is 0.416 e. The first-order chi connectivity index (χ1) is 12.3. The highest BCUT2D eigenvalue weighted by molar-refractivity contribution is 5.94. The molecule has 0 aliphatic carbocycles.